The molecule has 0 aromatic rings. The maximum Gasteiger partial charge on any atom is 0.401 e. The highest BCUT2D eigenvalue weighted by Gasteiger charge is 2.42. The van der Waals surface area contributed by atoms with Crippen LogP contribution in [0.5, 0.6) is 0 Å². The molecule has 1 N–H and O–H groups in total. The van der Waals surface area contributed by atoms with Gasteiger partial charge in [-0.2, -0.15) is 13.2 Å². The van der Waals surface area contributed by atoms with Crippen LogP contribution in [0.3, 0.4) is 0 Å². The van der Waals surface area contributed by atoms with Gasteiger partial charge in [0.1, 0.15) is 0 Å². The Morgan fingerprint density at radius 2 is 1.81 bits per heavy atom. The summed E-state index contributed by atoms with van der Waals surface area (Å²) in [7, 11) is 0. The number of hydrogen-bond donors (Lipinski definition) is 1. The smallest absolute Gasteiger partial charge is 0.314 e. The van der Waals surface area contributed by atoms with Crippen LogP contribution in [-0.4, -0.2) is 42.8 Å². The molecule has 0 heterocycles. The predicted octanol–water partition coefficient (Wildman–Crippen LogP) is 3.67. The van der Waals surface area contributed by atoms with Crippen LogP contribution < -0.4 is 5.32 Å². The van der Waals surface area contributed by atoms with Crippen molar-refractivity contribution in [2.24, 2.45) is 17.8 Å². The van der Waals surface area contributed by atoms with Gasteiger partial charge in [-0.3, -0.25) is 4.90 Å². The third-order valence-electron chi connectivity index (χ3n) is 5.04. The topological polar surface area (TPSA) is 15.3 Å². The van der Waals surface area contributed by atoms with Gasteiger partial charge < -0.3 is 5.32 Å². The van der Waals surface area contributed by atoms with E-state index in [-0.39, 0.29) is 6.04 Å². The van der Waals surface area contributed by atoms with Gasteiger partial charge >= 0.3 is 6.18 Å². The summed E-state index contributed by atoms with van der Waals surface area (Å²) >= 11 is 0. The highest BCUT2D eigenvalue weighted by atomic mass is 19.4. The van der Waals surface area contributed by atoms with Crippen molar-refractivity contribution in [3.8, 4) is 0 Å². The monoisotopic (exact) mass is 306 g/mol. The lowest BCUT2D eigenvalue weighted by Gasteiger charge is -2.42. The van der Waals surface area contributed by atoms with E-state index in [0.29, 0.717) is 30.3 Å². The van der Waals surface area contributed by atoms with Gasteiger partial charge in [-0.25, -0.2) is 0 Å². The van der Waals surface area contributed by atoms with E-state index in [2.05, 4.69) is 26.1 Å². The Bertz CT molecular complexity index is 328. The van der Waals surface area contributed by atoms with E-state index >= 15 is 0 Å². The normalized spacial score (nSPS) is 34.4. The van der Waals surface area contributed by atoms with E-state index in [1.54, 1.807) is 4.90 Å². The van der Waals surface area contributed by atoms with Crippen LogP contribution in [0.1, 0.15) is 46.5 Å². The molecule has 4 atom stereocenters. The molecule has 0 aliphatic heterocycles. The maximum absolute atomic E-state index is 12.8. The molecule has 2 rings (SSSR count). The van der Waals surface area contributed by atoms with Crippen molar-refractivity contribution in [1.29, 1.82) is 0 Å². The van der Waals surface area contributed by atoms with Crippen LogP contribution in [0.2, 0.25) is 0 Å². The molecule has 21 heavy (non-hydrogen) atoms. The summed E-state index contributed by atoms with van der Waals surface area (Å²) in [5.41, 5.74) is 0. The summed E-state index contributed by atoms with van der Waals surface area (Å²) < 4.78 is 38.4. The lowest BCUT2D eigenvalue weighted by atomic mass is 9.72. The van der Waals surface area contributed by atoms with Crippen LogP contribution in [0.4, 0.5) is 13.2 Å². The first-order valence-electron chi connectivity index (χ1n) is 8.34. The van der Waals surface area contributed by atoms with Gasteiger partial charge in [0.25, 0.3) is 0 Å². The summed E-state index contributed by atoms with van der Waals surface area (Å²) in [5, 5.41) is 3.51. The van der Waals surface area contributed by atoms with Gasteiger partial charge in [-0.05, 0) is 50.0 Å². The molecule has 5 heteroatoms. The molecular weight excluding hydrogens is 277 g/mol. The zero-order chi connectivity index (χ0) is 15.6. The largest absolute Gasteiger partial charge is 0.401 e. The molecule has 2 aliphatic rings. The van der Waals surface area contributed by atoms with Crippen molar-refractivity contribution >= 4 is 0 Å². The van der Waals surface area contributed by atoms with Gasteiger partial charge in [0.15, 0.2) is 0 Å². The first-order valence-corrected chi connectivity index (χ1v) is 8.34. The molecule has 0 saturated heterocycles. The Kier molecular flexibility index (Phi) is 5.58. The second-order valence-corrected chi connectivity index (χ2v) is 7.16. The highest BCUT2D eigenvalue weighted by molar-refractivity contribution is 4.93. The van der Waals surface area contributed by atoms with E-state index in [1.807, 2.05) is 0 Å². The van der Waals surface area contributed by atoms with Crippen molar-refractivity contribution in [2.45, 2.75) is 64.7 Å². The fourth-order valence-corrected chi connectivity index (χ4v) is 4.00. The minimum Gasteiger partial charge on any atom is -0.314 e. The number of nitrogens with one attached hydrogen (secondary N) is 1. The van der Waals surface area contributed by atoms with Crippen LogP contribution >= 0.6 is 0 Å². The van der Waals surface area contributed by atoms with E-state index in [0.717, 1.165) is 32.2 Å². The van der Waals surface area contributed by atoms with E-state index in [9.17, 15) is 13.2 Å². The minimum absolute atomic E-state index is 0.167. The lowest BCUT2D eigenvalue weighted by Crippen LogP contribution is -2.50. The van der Waals surface area contributed by atoms with Gasteiger partial charge in [0.05, 0.1) is 6.54 Å². The molecule has 0 aromatic heterocycles. The standard InChI is InChI=1S/C16H29F3N2/c1-4-20-15-8-11(2)7-12(3)14(15)9-21(13-5-6-13)10-16(17,18)19/h11-15,20H,4-10H2,1-3H3. The first-order chi connectivity index (χ1) is 9.80. The summed E-state index contributed by atoms with van der Waals surface area (Å²) in [6, 6.07) is 0.531. The molecule has 0 spiro atoms. The first kappa shape index (κ1) is 17.1. The quantitative estimate of drug-likeness (QED) is 0.805. The van der Waals surface area contributed by atoms with Crippen molar-refractivity contribution in [3.05, 3.63) is 0 Å². The molecule has 0 amide bonds. The SMILES string of the molecule is CCNC1CC(C)CC(C)C1CN(CC(F)(F)F)C1CC1. The Morgan fingerprint density at radius 1 is 1.14 bits per heavy atom. The number of nitrogens with zero attached hydrogens (tertiary/aromatic N) is 1. The third-order valence-corrected chi connectivity index (χ3v) is 5.04. The summed E-state index contributed by atoms with van der Waals surface area (Å²) in [4.78, 5) is 1.70. The molecule has 2 aliphatic carbocycles. The van der Waals surface area contributed by atoms with Gasteiger partial charge in [0.2, 0.25) is 0 Å². The summed E-state index contributed by atoms with van der Waals surface area (Å²) in [6.07, 6.45) is 0.00480. The molecule has 2 fully saturated rings. The second kappa shape index (κ2) is 6.86. The van der Waals surface area contributed by atoms with Gasteiger partial charge in [0, 0.05) is 18.6 Å². The fraction of sp³-hybridized carbons (Fsp3) is 1.00. The van der Waals surface area contributed by atoms with Crippen LogP contribution in [0.25, 0.3) is 0 Å². The van der Waals surface area contributed by atoms with Crippen LogP contribution in [-0.2, 0) is 0 Å². The highest BCUT2D eigenvalue weighted by Crippen LogP contribution is 2.37. The fourth-order valence-electron chi connectivity index (χ4n) is 4.00. The third kappa shape index (κ3) is 5.13. The Labute approximate surface area is 126 Å². The summed E-state index contributed by atoms with van der Waals surface area (Å²) in [5.74, 6) is 1.49. The average Bonchev–Trinajstić information content (AvgIpc) is 3.14. The minimum atomic E-state index is -4.08. The molecule has 2 saturated carbocycles. The Morgan fingerprint density at radius 3 is 2.33 bits per heavy atom. The molecule has 0 aromatic carbocycles. The molecule has 124 valence electrons. The second-order valence-electron chi connectivity index (χ2n) is 7.16. The van der Waals surface area contributed by atoms with E-state index in [4.69, 9.17) is 0 Å². The van der Waals surface area contributed by atoms with Crippen LogP contribution in [0.15, 0.2) is 0 Å². The number of alkyl halides is 3. The molecule has 4 unspecified atom stereocenters. The zero-order valence-electron chi connectivity index (χ0n) is 13.4. The van der Waals surface area contributed by atoms with Gasteiger partial charge in [-0.1, -0.05) is 20.8 Å². The molecule has 0 radical (unpaired) electrons. The predicted molar refractivity (Wildman–Crippen MR) is 79.2 cm³/mol. The lowest BCUT2D eigenvalue weighted by molar-refractivity contribution is -0.150. The van der Waals surface area contributed by atoms with E-state index < -0.39 is 12.7 Å². The number of hydrogen-bond acceptors (Lipinski definition) is 2. The molecule has 0 bridgehead atoms. The van der Waals surface area contributed by atoms with Crippen molar-refractivity contribution in [3.63, 3.8) is 0 Å². The van der Waals surface area contributed by atoms with Gasteiger partial charge in [-0.15, -0.1) is 0 Å². The number of halogens is 3. The Hall–Kier alpha value is -0.290. The zero-order valence-corrected chi connectivity index (χ0v) is 13.4. The summed E-state index contributed by atoms with van der Waals surface area (Å²) in [6.45, 7) is 7.29. The molecular formula is C16H29F3N2. The number of rotatable bonds is 6. The van der Waals surface area contributed by atoms with Crippen molar-refractivity contribution in [2.75, 3.05) is 19.6 Å². The average molecular weight is 306 g/mol. The molecule has 2 nitrogen and oxygen atoms in total. The van der Waals surface area contributed by atoms with Crippen molar-refractivity contribution in [1.82, 2.24) is 10.2 Å². The van der Waals surface area contributed by atoms with E-state index in [1.165, 1.54) is 0 Å². The van der Waals surface area contributed by atoms with Crippen LogP contribution in [0, 0.1) is 17.8 Å². The maximum atomic E-state index is 12.8. The van der Waals surface area contributed by atoms with Crippen molar-refractivity contribution < 1.29 is 13.2 Å². The Balaban J connectivity index is 2.01.